The van der Waals surface area contributed by atoms with Crippen molar-refractivity contribution in [3.05, 3.63) is 24.3 Å². The van der Waals surface area contributed by atoms with Crippen LogP contribution in [0.4, 0.5) is 5.95 Å². The number of hydrogen-bond acceptors (Lipinski definition) is 3. The van der Waals surface area contributed by atoms with Crippen molar-refractivity contribution in [1.82, 2.24) is 0 Å². The van der Waals surface area contributed by atoms with Crippen molar-refractivity contribution in [2.45, 2.75) is 0 Å². The van der Waals surface area contributed by atoms with Crippen molar-refractivity contribution >= 4 is 17.0 Å². The van der Waals surface area contributed by atoms with E-state index in [9.17, 15) is 10.4 Å². The number of aromatic nitrogens is 3. The molecule has 1 heterocycles. The summed E-state index contributed by atoms with van der Waals surface area (Å²) in [4.78, 5) is 0.872. The van der Waals surface area contributed by atoms with E-state index in [4.69, 9.17) is 5.73 Å². The predicted octanol–water partition coefficient (Wildman–Crippen LogP) is -1.70. The van der Waals surface area contributed by atoms with Gasteiger partial charge in [0, 0.05) is 12.1 Å². The van der Waals surface area contributed by atoms with Gasteiger partial charge in [-0.2, -0.15) is 0 Å². The Morgan fingerprint density at radius 1 is 1.14 bits per heavy atom. The van der Waals surface area contributed by atoms with Gasteiger partial charge < -0.3 is 5.21 Å². The zero-order chi connectivity index (χ0) is 10.3. The molecule has 2 rings (SSSR count). The Labute approximate surface area is 79.6 Å². The minimum atomic E-state index is 0.0335. The molecular weight excluding hydrogens is 184 g/mol. The average Bonchev–Trinajstić information content (AvgIpc) is 2.23. The maximum Gasteiger partial charge on any atom is 0.625 e. The van der Waals surface area contributed by atoms with Crippen LogP contribution in [0.2, 0.25) is 0 Å². The van der Waals surface area contributed by atoms with E-state index >= 15 is 0 Å². The lowest BCUT2D eigenvalue weighted by molar-refractivity contribution is -1.33. The van der Waals surface area contributed by atoms with Gasteiger partial charge in [-0.3, -0.25) is 0 Å². The van der Waals surface area contributed by atoms with Gasteiger partial charge in [-0.25, -0.2) is 10.9 Å². The van der Waals surface area contributed by atoms with E-state index in [1.54, 1.807) is 24.3 Å². The molecular formula is C8H11N4O2+3. The first kappa shape index (κ1) is 8.49. The van der Waals surface area contributed by atoms with Crippen molar-refractivity contribution in [3.8, 4) is 0 Å². The Morgan fingerprint density at radius 3 is 2.36 bits per heavy atom. The van der Waals surface area contributed by atoms with Crippen LogP contribution in [0.5, 0.6) is 0 Å². The highest BCUT2D eigenvalue weighted by atomic mass is 16.5. The smallest absolute Gasteiger partial charge is 0.322 e. The summed E-state index contributed by atoms with van der Waals surface area (Å²) in [6.07, 6.45) is 0. The van der Waals surface area contributed by atoms with Crippen LogP contribution in [0.15, 0.2) is 24.3 Å². The summed E-state index contributed by atoms with van der Waals surface area (Å²) in [5.74, 6) is 0.0335. The molecule has 0 aliphatic rings. The second kappa shape index (κ2) is 2.69. The first-order chi connectivity index (χ1) is 6.63. The van der Waals surface area contributed by atoms with Gasteiger partial charge in [0.15, 0.2) is 7.05 Å². The van der Waals surface area contributed by atoms with Crippen LogP contribution in [0, 0.1) is 0 Å². The molecule has 0 aliphatic heterocycles. The molecule has 14 heavy (non-hydrogen) atoms. The van der Waals surface area contributed by atoms with Gasteiger partial charge in [-0.15, -0.1) is 0 Å². The molecule has 0 radical (unpaired) electrons. The number of fused-ring (bicyclic) bond motifs is 1. The quantitative estimate of drug-likeness (QED) is 0.346. The zero-order valence-electron chi connectivity index (χ0n) is 7.62. The number of rotatable bonds is 0. The van der Waals surface area contributed by atoms with Gasteiger partial charge >= 0.3 is 11.5 Å². The van der Waals surface area contributed by atoms with Crippen molar-refractivity contribution in [1.29, 1.82) is 0 Å². The second-order valence-corrected chi connectivity index (χ2v) is 2.97. The molecule has 0 fully saturated rings. The standard InChI is InChI=1S/C8H10N4O2/c1-10-8(9)11(13)6-4-2-3-5-7(6)12(10)14/h2-5H,1H3,(H3,9,13,14)/q+2/p+1. The highest BCUT2D eigenvalue weighted by Gasteiger charge is 2.33. The Bertz CT molecular complexity index is 466. The van der Waals surface area contributed by atoms with Crippen LogP contribution in [0.25, 0.3) is 11.0 Å². The minimum Gasteiger partial charge on any atom is -0.322 e. The molecule has 0 amide bonds. The molecule has 0 spiro atoms. The van der Waals surface area contributed by atoms with E-state index in [1.807, 2.05) is 0 Å². The Hall–Kier alpha value is -2.11. The number of nitrogens with two attached hydrogens (primary N) is 1. The average molecular weight is 195 g/mol. The summed E-state index contributed by atoms with van der Waals surface area (Å²) in [6, 6.07) is 6.82. The minimum absolute atomic E-state index is 0.0335. The van der Waals surface area contributed by atoms with Crippen LogP contribution in [-0.2, 0) is 7.05 Å². The van der Waals surface area contributed by atoms with Gasteiger partial charge in [0.25, 0.3) is 5.52 Å². The van der Waals surface area contributed by atoms with E-state index in [1.165, 1.54) is 11.7 Å². The van der Waals surface area contributed by atoms with Gasteiger partial charge in [-0.1, -0.05) is 12.1 Å². The fourth-order valence-electron chi connectivity index (χ4n) is 1.33. The Kier molecular flexibility index (Phi) is 1.63. The molecule has 4 N–H and O–H groups in total. The zero-order valence-corrected chi connectivity index (χ0v) is 7.62. The number of para-hydroxylation sites is 2. The summed E-state index contributed by atoms with van der Waals surface area (Å²) in [5, 5.41) is 19.2. The summed E-state index contributed by atoms with van der Waals surface area (Å²) >= 11 is 0. The molecule has 72 valence electrons. The topological polar surface area (TPSA) is 78.1 Å². The first-order valence-corrected chi connectivity index (χ1v) is 4.06. The summed E-state index contributed by atoms with van der Waals surface area (Å²) in [5.41, 5.74) is 6.44. The number of hydrogen-bond donors (Lipinski definition) is 3. The largest absolute Gasteiger partial charge is 0.625 e. The van der Waals surface area contributed by atoms with E-state index < -0.39 is 0 Å². The highest BCUT2D eigenvalue weighted by molar-refractivity contribution is 5.66. The van der Waals surface area contributed by atoms with E-state index in [0.717, 1.165) is 9.58 Å². The lowest BCUT2D eigenvalue weighted by Crippen LogP contribution is -2.69. The van der Waals surface area contributed by atoms with E-state index in [-0.39, 0.29) is 5.95 Å². The predicted molar refractivity (Wildman–Crippen MR) is 44.3 cm³/mol. The third-order valence-corrected chi connectivity index (χ3v) is 2.16. The third-order valence-electron chi connectivity index (χ3n) is 2.16. The summed E-state index contributed by atoms with van der Waals surface area (Å²) in [6.45, 7) is 0. The van der Waals surface area contributed by atoms with Crippen LogP contribution in [0.3, 0.4) is 0 Å². The fourth-order valence-corrected chi connectivity index (χ4v) is 1.33. The Balaban J connectivity index is 3.02. The maximum absolute atomic E-state index is 9.64. The molecule has 1 aromatic heterocycles. The lowest BCUT2D eigenvalue weighted by atomic mass is 10.3. The lowest BCUT2D eigenvalue weighted by Gasteiger charge is -1.92. The number of nitrogens with zero attached hydrogens (tertiary/aromatic N) is 3. The normalized spacial score (nSPS) is 10.6. The number of nitrogen functional groups attached to an aromatic ring is 1. The van der Waals surface area contributed by atoms with Gasteiger partial charge in [-0.05, 0) is 0 Å². The highest BCUT2D eigenvalue weighted by Crippen LogP contribution is 2.01. The second-order valence-electron chi connectivity index (χ2n) is 2.97. The van der Waals surface area contributed by atoms with E-state index in [0.29, 0.717) is 11.0 Å². The van der Waals surface area contributed by atoms with Gasteiger partial charge in [0.2, 0.25) is 4.85 Å². The maximum atomic E-state index is 9.64. The van der Waals surface area contributed by atoms with Crippen molar-refractivity contribution < 1.29 is 24.7 Å². The molecule has 0 unspecified atom stereocenters. The van der Waals surface area contributed by atoms with Crippen LogP contribution >= 0.6 is 0 Å². The number of anilines is 1. The summed E-state index contributed by atoms with van der Waals surface area (Å²) < 4.78 is 2.05. The first-order valence-electron chi connectivity index (χ1n) is 4.06. The molecule has 6 heteroatoms. The van der Waals surface area contributed by atoms with E-state index in [2.05, 4.69) is 0 Å². The Morgan fingerprint density at radius 2 is 1.71 bits per heavy atom. The summed E-state index contributed by atoms with van der Waals surface area (Å²) in [7, 11) is 1.54. The molecule has 0 bridgehead atoms. The fraction of sp³-hybridized carbons (Fsp3) is 0.125. The van der Waals surface area contributed by atoms with Gasteiger partial charge in [0.05, 0.1) is 4.73 Å². The number of benzene rings is 1. The van der Waals surface area contributed by atoms with Gasteiger partial charge in [0.1, 0.15) is 4.68 Å². The SMILES string of the molecule is C[n+]1c(N)[n+](O)c2ccccc2[n+]1O. The van der Waals surface area contributed by atoms with Crippen LogP contribution in [-0.4, -0.2) is 10.4 Å². The molecule has 2 aromatic rings. The van der Waals surface area contributed by atoms with Crippen LogP contribution < -0.4 is 20.0 Å². The molecule has 0 saturated carbocycles. The molecule has 6 nitrogen and oxygen atoms in total. The molecule has 0 saturated heterocycles. The van der Waals surface area contributed by atoms with Crippen LogP contribution in [0.1, 0.15) is 0 Å². The third kappa shape index (κ3) is 0.936. The molecule has 0 aliphatic carbocycles. The monoisotopic (exact) mass is 195 g/mol. The van der Waals surface area contributed by atoms with Crippen molar-refractivity contribution in [2.75, 3.05) is 5.73 Å². The molecule has 0 atom stereocenters. The van der Waals surface area contributed by atoms with Crippen molar-refractivity contribution in [3.63, 3.8) is 0 Å². The van der Waals surface area contributed by atoms with Crippen molar-refractivity contribution in [2.24, 2.45) is 7.05 Å². The molecule has 1 aromatic carbocycles.